The highest BCUT2D eigenvalue weighted by Crippen LogP contribution is 2.12. The maximum absolute atomic E-state index is 12.2. The van der Waals surface area contributed by atoms with Crippen LogP contribution in [0.1, 0.15) is 33.2 Å². The van der Waals surface area contributed by atoms with Crippen LogP contribution in [0.3, 0.4) is 0 Å². The van der Waals surface area contributed by atoms with Gasteiger partial charge < -0.3 is 5.32 Å². The molecule has 0 bridgehead atoms. The zero-order valence-corrected chi connectivity index (χ0v) is 14.7. The molecule has 0 aliphatic carbocycles. The first-order valence-electron chi connectivity index (χ1n) is 8.35. The second-order valence-electron chi connectivity index (χ2n) is 5.78. The van der Waals surface area contributed by atoms with Crippen molar-refractivity contribution in [2.75, 3.05) is 5.32 Å². The standard InChI is InChI=1S/C21H18N4O2/c1-15(24-25-21(27)18-8-5-13-22-14-18)16-9-11-19(12-10-16)23-20(26)17-6-3-2-4-7-17/h2-14H,1H3,(H,23,26)(H,25,27)/b24-15+. The predicted octanol–water partition coefficient (Wildman–Crippen LogP) is 3.49. The topological polar surface area (TPSA) is 83.4 Å². The first-order chi connectivity index (χ1) is 13.1. The fourth-order valence-electron chi connectivity index (χ4n) is 2.35. The molecule has 3 rings (SSSR count). The van der Waals surface area contributed by atoms with E-state index in [1.807, 2.05) is 30.3 Å². The Labute approximate surface area is 157 Å². The molecule has 0 saturated carbocycles. The third-order valence-electron chi connectivity index (χ3n) is 3.85. The lowest BCUT2D eigenvalue weighted by Gasteiger charge is -2.07. The molecule has 6 nitrogen and oxygen atoms in total. The smallest absolute Gasteiger partial charge is 0.272 e. The molecular weight excluding hydrogens is 340 g/mol. The van der Waals surface area contributed by atoms with Crippen molar-refractivity contribution < 1.29 is 9.59 Å². The fraction of sp³-hybridized carbons (Fsp3) is 0.0476. The van der Waals surface area contributed by atoms with Crippen molar-refractivity contribution in [1.82, 2.24) is 10.4 Å². The number of carbonyl (C=O) groups excluding carboxylic acids is 2. The van der Waals surface area contributed by atoms with Gasteiger partial charge in [-0.15, -0.1) is 0 Å². The second-order valence-corrected chi connectivity index (χ2v) is 5.78. The maximum atomic E-state index is 12.2. The molecule has 1 aromatic heterocycles. The molecule has 134 valence electrons. The lowest BCUT2D eigenvalue weighted by atomic mass is 10.1. The summed E-state index contributed by atoms with van der Waals surface area (Å²) >= 11 is 0. The Morgan fingerprint density at radius 1 is 0.815 bits per heavy atom. The van der Waals surface area contributed by atoms with Gasteiger partial charge in [0.25, 0.3) is 11.8 Å². The summed E-state index contributed by atoms with van der Waals surface area (Å²) in [6.07, 6.45) is 3.08. The summed E-state index contributed by atoms with van der Waals surface area (Å²) in [5.74, 6) is -0.494. The maximum Gasteiger partial charge on any atom is 0.272 e. The lowest BCUT2D eigenvalue weighted by molar-refractivity contribution is 0.0953. The van der Waals surface area contributed by atoms with Gasteiger partial charge in [-0.3, -0.25) is 14.6 Å². The molecule has 0 radical (unpaired) electrons. The van der Waals surface area contributed by atoms with Crippen molar-refractivity contribution in [2.45, 2.75) is 6.92 Å². The Kier molecular flexibility index (Phi) is 5.69. The van der Waals surface area contributed by atoms with Crippen molar-refractivity contribution >= 4 is 23.2 Å². The summed E-state index contributed by atoms with van der Waals surface area (Å²) in [6, 6.07) is 19.6. The molecule has 2 aromatic carbocycles. The van der Waals surface area contributed by atoms with E-state index in [9.17, 15) is 9.59 Å². The Hall–Kier alpha value is -3.80. The Morgan fingerprint density at radius 3 is 2.19 bits per heavy atom. The van der Waals surface area contributed by atoms with E-state index in [0.717, 1.165) is 5.56 Å². The third-order valence-corrected chi connectivity index (χ3v) is 3.85. The number of hydrogen-bond donors (Lipinski definition) is 2. The van der Waals surface area contributed by atoms with Gasteiger partial charge in [0, 0.05) is 23.6 Å². The fourth-order valence-corrected chi connectivity index (χ4v) is 2.35. The number of amides is 2. The van der Waals surface area contributed by atoms with Gasteiger partial charge in [-0.2, -0.15) is 5.10 Å². The molecule has 0 spiro atoms. The summed E-state index contributed by atoms with van der Waals surface area (Å²) in [5, 5.41) is 6.95. The second kappa shape index (κ2) is 8.53. The van der Waals surface area contributed by atoms with Gasteiger partial charge in [0.05, 0.1) is 11.3 Å². The van der Waals surface area contributed by atoms with E-state index in [-0.39, 0.29) is 11.8 Å². The summed E-state index contributed by atoms with van der Waals surface area (Å²) in [7, 11) is 0. The number of carbonyl (C=O) groups is 2. The average molecular weight is 358 g/mol. The molecule has 0 aliphatic rings. The zero-order valence-electron chi connectivity index (χ0n) is 14.7. The molecule has 0 saturated heterocycles. The van der Waals surface area contributed by atoms with Crippen molar-refractivity contribution in [1.29, 1.82) is 0 Å². The van der Waals surface area contributed by atoms with Gasteiger partial charge in [-0.1, -0.05) is 30.3 Å². The van der Waals surface area contributed by atoms with Gasteiger partial charge >= 0.3 is 0 Å². The highest BCUT2D eigenvalue weighted by atomic mass is 16.2. The minimum absolute atomic E-state index is 0.169. The molecule has 0 atom stereocenters. The quantitative estimate of drug-likeness (QED) is 0.541. The predicted molar refractivity (Wildman–Crippen MR) is 105 cm³/mol. The largest absolute Gasteiger partial charge is 0.322 e. The Balaban J connectivity index is 1.62. The normalized spacial score (nSPS) is 10.9. The number of aromatic nitrogens is 1. The minimum atomic E-state index is -0.325. The van der Waals surface area contributed by atoms with E-state index in [2.05, 4.69) is 20.8 Å². The monoisotopic (exact) mass is 358 g/mol. The van der Waals surface area contributed by atoms with E-state index in [0.29, 0.717) is 22.5 Å². The molecule has 0 aliphatic heterocycles. The number of nitrogens with one attached hydrogen (secondary N) is 2. The van der Waals surface area contributed by atoms with E-state index in [1.54, 1.807) is 49.5 Å². The van der Waals surface area contributed by atoms with E-state index < -0.39 is 0 Å². The highest BCUT2D eigenvalue weighted by Gasteiger charge is 2.07. The van der Waals surface area contributed by atoms with Crippen LogP contribution in [0.2, 0.25) is 0 Å². The number of rotatable bonds is 5. The molecule has 2 N–H and O–H groups in total. The number of nitrogens with zero attached hydrogens (tertiary/aromatic N) is 2. The third kappa shape index (κ3) is 4.85. The highest BCUT2D eigenvalue weighted by molar-refractivity contribution is 6.05. The molecule has 2 amide bonds. The Morgan fingerprint density at radius 2 is 1.52 bits per heavy atom. The van der Waals surface area contributed by atoms with Crippen LogP contribution in [0.5, 0.6) is 0 Å². The van der Waals surface area contributed by atoms with Gasteiger partial charge in [-0.25, -0.2) is 5.43 Å². The first kappa shape index (κ1) is 18.0. The van der Waals surface area contributed by atoms with E-state index in [4.69, 9.17) is 0 Å². The van der Waals surface area contributed by atoms with E-state index >= 15 is 0 Å². The van der Waals surface area contributed by atoms with Crippen molar-refractivity contribution in [2.24, 2.45) is 5.10 Å². The summed E-state index contributed by atoms with van der Waals surface area (Å²) in [4.78, 5) is 28.0. The molecule has 3 aromatic rings. The van der Waals surface area contributed by atoms with Gasteiger partial charge in [0.15, 0.2) is 0 Å². The number of pyridine rings is 1. The molecule has 1 heterocycles. The van der Waals surface area contributed by atoms with Gasteiger partial charge in [0.1, 0.15) is 0 Å². The molecule has 0 fully saturated rings. The SMILES string of the molecule is C/C(=N\NC(=O)c1cccnc1)c1ccc(NC(=O)c2ccccc2)cc1. The van der Waals surface area contributed by atoms with Crippen LogP contribution in [0.4, 0.5) is 5.69 Å². The molecule has 0 unspecified atom stereocenters. The molecule has 27 heavy (non-hydrogen) atoms. The van der Waals surface area contributed by atoms with Crippen molar-refractivity contribution in [3.63, 3.8) is 0 Å². The lowest BCUT2D eigenvalue weighted by Crippen LogP contribution is -2.19. The van der Waals surface area contributed by atoms with Crippen LogP contribution in [0, 0.1) is 0 Å². The average Bonchev–Trinajstić information content (AvgIpc) is 2.73. The number of benzene rings is 2. The summed E-state index contributed by atoms with van der Waals surface area (Å²) < 4.78 is 0. The number of anilines is 1. The zero-order chi connectivity index (χ0) is 19.1. The van der Waals surface area contributed by atoms with Crippen LogP contribution >= 0.6 is 0 Å². The van der Waals surface area contributed by atoms with E-state index in [1.165, 1.54) is 6.20 Å². The number of hydrazone groups is 1. The van der Waals surface area contributed by atoms with Gasteiger partial charge in [0.2, 0.25) is 0 Å². The van der Waals surface area contributed by atoms with Crippen LogP contribution in [0.15, 0.2) is 84.2 Å². The van der Waals surface area contributed by atoms with Crippen molar-refractivity contribution in [3.8, 4) is 0 Å². The van der Waals surface area contributed by atoms with Crippen LogP contribution in [0.25, 0.3) is 0 Å². The summed E-state index contributed by atoms with van der Waals surface area (Å²) in [5.41, 5.74) is 5.70. The minimum Gasteiger partial charge on any atom is -0.322 e. The first-order valence-corrected chi connectivity index (χ1v) is 8.35. The van der Waals surface area contributed by atoms with Crippen LogP contribution < -0.4 is 10.7 Å². The molecular formula is C21H18N4O2. The van der Waals surface area contributed by atoms with Crippen LogP contribution in [-0.2, 0) is 0 Å². The van der Waals surface area contributed by atoms with Gasteiger partial charge in [-0.05, 0) is 48.9 Å². The number of hydrogen-bond acceptors (Lipinski definition) is 4. The Bertz CT molecular complexity index is 952. The molecule has 6 heteroatoms. The summed E-state index contributed by atoms with van der Waals surface area (Å²) in [6.45, 7) is 1.79. The van der Waals surface area contributed by atoms with Crippen LogP contribution in [-0.4, -0.2) is 22.5 Å². The van der Waals surface area contributed by atoms with Crippen molar-refractivity contribution in [3.05, 3.63) is 95.8 Å².